The van der Waals surface area contributed by atoms with Crippen LogP contribution in [0, 0.1) is 11.8 Å². The van der Waals surface area contributed by atoms with Gasteiger partial charge in [0.1, 0.15) is 0 Å². The van der Waals surface area contributed by atoms with E-state index in [1.807, 2.05) is 0 Å². The maximum Gasteiger partial charge on any atom is -0.0471 e. The standard InChI is InChI=1S/C8H18.C6H14/c1-4-5-6-7-8(2)3;1-4-5-6(2)3/h8H,4-7H2,1-3H3;6H,4-5H2,1-3H3. The molecule has 0 spiro atoms. The molecule has 0 aliphatic rings. The van der Waals surface area contributed by atoms with E-state index in [0.29, 0.717) is 0 Å². The quantitative estimate of drug-likeness (QED) is 0.485. The van der Waals surface area contributed by atoms with Gasteiger partial charge >= 0.3 is 0 Å². The van der Waals surface area contributed by atoms with Gasteiger partial charge in [-0.2, -0.15) is 0 Å². The summed E-state index contributed by atoms with van der Waals surface area (Å²) in [5.41, 5.74) is 0. The number of hydrogen-bond donors (Lipinski definition) is 0. The lowest BCUT2D eigenvalue weighted by Crippen LogP contribution is -1.85. The molecule has 0 rings (SSSR count). The van der Waals surface area contributed by atoms with Gasteiger partial charge in [0.2, 0.25) is 0 Å². The molecular weight excluding hydrogens is 168 g/mol. The van der Waals surface area contributed by atoms with E-state index >= 15 is 0 Å². The van der Waals surface area contributed by atoms with Crippen molar-refractivity contribution in [1.82, 2.24) is 0 Å². The Morgan fingerprint density at radius 2 is 1.14 bits per heavy atom. The van der Waals surface area contributed by atoms with E-state index < -0.39 is 0 Å². The fourth-order valence-electron chi connectivity index (χ4n) is 1.38. The number of unbranched alkanes of at least 4 members (excludes halogenated alkanes) is 2. The van der Waals surface area contributed by atoms with Gasteiger partial charge in [0.25, 0.3) is 0 Å². The molecule has 88 valence electrons. The lowest BCUT2D eigenvalue weighted by Gasteiger charge is -2.00. The lowest BCUT2D eigenvalue weighted by atomic mass is 10.1. The maximum absolute atomic E-state index is 2.29. The van der Waals surface area contributed by atoms with Gasteiger partial charge in [-0.3, -0.25) is 0 Å². The summed E-state index contributed by atoms with van der Waals surface area (Å²) >= 11 is 0. The van der Waals surface area contributed by atoms with Crippen LogP contribution in [0.4, 0.5) is 0 Å². The molecule has 0 radical (unpaired) electrons. The van der Waals surface area contributed by atoms with Crippen LogP contribution in [0.1, 0.15) is 80.1 Å². The minimum absolute atomic E-state index is 0.898. The summed E-state index contributed by atoms with van der Waals surface area (Å²) in [4.78, 5) is 0. The summed E-state index contributed by atoms with van der Waals surface area (Å²) in [6.07, 6.45) is 8.31. The summed E-state index contributed by atoms with van der Waals surface area (Å²) in [6.45, 7) is 13.6. The van der Waals surface area contributed by atoms with Gasteiger partial charge < -0.3 is 0 Å². The largest absolute Gasteiger partial charge is 0.0654 e. The molecule has 0 aromatic carbocycles. The molecule has 0 saturated heterocycles. The van der Waals surface area contributed by atoms with Crippen molar-refractivity contribution in [3.63, 3.8) is 0 Å². The molecule has 0 saturated carbocycles. The highest BCUT2D eigenvalue weighted by Crippen LogP contribution is 2.06. The van der Waals surface area contributed by atoms with Crippen molar-refractivity contribution < 1.29 is 0 Å². The molecule has 0 heteroatoms. The molecule has 0 N–H and O–H groups in total. The Kier molecular flexibility index (Phi) is 15.3. The average Bonchev–Trinajstić information content (AvgIpc) is 2.05. The Hall–Kier alpha value is 0. The summed E-state index contributed by atoms with van der Waals surface area (Å²) in [7, 11) is 0. The van der Waals surface area contributed by atoms with Gasteiger partial charge in [0.15, 0.2) is 0 Å². The Balaban J connectivity index is 0. The molecule has 14 heavy (non-hydrogen) atoms. The van der Waals surface area contributed by atoms with Crippen LogP contribution >= 0.6 is 0 Å². The minimum atomic E-state index is 0.898. The van der Waals surface area contributed by atoms with E-state index in [1.54, 1.807) is 0 Å². The summed E-state index contributed by atoms with van der Waals surface area (Å²) in [6, 6.07) is 0. The highest BCUT2D eigenvalue weighted by molar-refractivity contribution is 4.44. The van der Waals surface area contributed by atoms with Gasteiger partial charge in [-0.15, -0.1) is 0 Å². The van der Waals surface area contributed by atoms with Crippen LogP contribution in [-0.4, -0.2) is 0 Å². The number of rotatable bonds is 6. The SMILES string of the molecule is CCCC(C)C.CCCCCC(C)C. The zero-order valence-electron chi connectivity index (χ0n) is 11.4. The molecule has 0 heterocycles. The van der Waals surface area contributed by atoms with E-state index in [2.05, 4.69) is 41.5 Å². The van der Waals surface area contributed by atoms with Crippen LogP contribution in [0.5, 0.6) is 0 Å². The first-order valence-corrected chi connectivity index (χ1v) is 6.54. The predicted molar refractivity (Wildman–Crippen MR) is 68.7 cm³/mol. The van der Waals surface area contributed by atoms with Crippen molar-refractivity contribution >= 4 is 0 Å². The summed E-state index contributed by atoms with van der Waals surface area (Å²) < 4.78 is 0. The first-order valence-electron chi connectivity index (χ1n) is 6.54. The van der Waals surface area contributed by atoms with Crippen LogP contribution in [-0.2, 0) is 0 Å². The van der Waals surface area contributed by atoms with Crippen molar-refractivity contribution in [3.8, 4) is 0 Å². The van der Waals surface area contributed by atoms with Gasteiger partial charge in [-0.1, -0.05) is 80.1 Å². The molecular formula is C14H32. The highest BCUT2D eigenvalue weighted by Gasteiger charge is 1.90. The lowest BCUT2D eigenvalue weighted by molar-refractivity contribution is 0.534. The highest BCUT2D eigenvalue weighted by atomic mass is 14.0. The number of hydrogen-bond acceptors (Lipinski definition) is 0. The van der Waals surface area contributed by atoms with E-state index in [-0.39, 0.29) is 0 Å². The Labute approximate surface area is 92.5 Å². The third-order valence-corrected chi connectivity index (χ3v) is 2.25. The molecule has 0 atom stereocenters. The average molecular weight is 200 g/mol. The zero-order valence-corrected chi connectivity index (χ0v) is 11.4. The fraction of sp³-hybridized carbons (Fsp3) is 1.00. The Morgan fingerprint density at radius 1 is 0.643 bits per heavy atom. The van der Waals surface area contributed by atoms with Crippen molar-refractivity contribution in [2.75, 3.05) is 0 Å². The van der Waals surface area contributed by atoms with E-state index in [0.717, 1.165) is 11.8 Å². The minimum Gasteiger partial charge on any atom is -0.0654 e. The molecule has 0 aromatic rings. The molecule has 0 aliphatic heterocycles. The van der Waals surface area contributed by atoms with Crippen molar-refractivity contribution in [2.24, 2.45) is 11.8 Å². The normalized spacial score (nSPS) is 10.3. The second-order valence-electron chi connectivity index (χ2n) is 5.07. The van der Waals surface area contributed by atoms with Crippen LogP contribution in [0.2, 0.25) is 0 Å². The van der Waals surface area contributed by atoms with E-state index in [1.165, 1.54) is 38.5 Å². The van der Waals surface area contributed by atoms with Crippen LogP contribution in [0.15, 0.2) is 0 Å². The second kappa shape index (κ2) is 13.0. The van der Waals surface area contributed by atoms with E-state index in [4.69, 9.17) is 0 Å². The topological polar surface area (TPSA) is 0 Å². The van der Waals surface area contributed by atoms with Crippen LogP contribution in [0.25, 0.3) is 0 Å². The van der Waals surface area contributed by atoms with Crippen molar-refractivity contribution in [2.45, 2.75) is 80.1 Å². The molecule has 0 bridgehead atoms. The Morgan fingerprint density at radius 3 is 1.36 bits per heavy atom. The third kappa shape index (κ3) is 22.7. The van der Waals surface area contributed by atoms with Crippen molar-refractivity contribution in [3.05, 3.63) is 0 Å². The van der Waals surface area contributed by atoms with Crippen molar-refractivity contribution in [1.29, 1.82) is 0 Å². The predicted octanol–water partition coefficient (Wildman–Crippen LogP) is 5.67. The molecule has 0 unspecified atom stereocenters. The van der Waals surface area contributed by atoms with Gasteiger partial charge in [-0.25, -0.2) is 0 Å². The molecule has 0 fully saturated rings. The first-order chi connectivity index (χ1) is 6.54. The van der Waals surface area contributed by atoms with Gasteiger partial charge in [-0.05, 0) is 11.8 Å². The molecule has 0 aliphatic carbocycles. The first kappa shape index (κ1) is 16.4. The molecule has 0 nitrogen and oxygen atoms in total. The fourth-order valence-corrected chi connectivity index (χ4v) is 1.38. The Bertz CT molecular complexity index is 82.0. The maximum atomic E-state index is 2.29. The van der Waals surface area contributed by atoms with E-state index in [9.17, 15) is 0 Å². The van der Waals surface area contributed by atoms with Gasteiger partial charge in [0, 0.05) is 0 Å². The third-order valence-electron chi connectivity index (χ3n) is 2.25. The zero-order chi connectivity index (χ0) is 11.4. The summed E-state index contributed by atoms with van der Waals surface area (Å²) in [5, 5.41) is 0. The smallest absolute Gasteiger partial charge is 0.0471 e. The van der Waals surface area contributed by atoms with Gasteiger partial charge in [0.05, 0.1) is 0 Å². The second-order valence-corrected chi connectivity index (χ2v) is 5.07. The molecule has 0 aromatic heterocycles. The summed E-state index contributed by atoms with van der Waals surface area (Å²) in [5.74, 6) is 1.80. The van der Waals surface area contributed by atoms with Crippen LogP contribution in [0.3, 0.4) is 0 Å². The molecule has 0 amide bonds. The van der Waals surface area contributed by atoms with Crippen LogP contribution < -0.4 is 0 Å². The monoisotopic (exact) mass is 200 g/mol.